The SMILES string of the molecule is COc1cc2c(cc1B1OC(C)(C)C(C)(C)O1)ncn2COCC[Si](C)(C)C. The second-order valence-corrected chi connectivity index (χ2v) is 15.4. The zero-order valence-corrected chi connectivity index (χ0v) is 19.5. The Morgan fingerprint density at radius 1 is 1.11 bits per heavy atom. The van der Waals surface area contributed by atoms with E-state index in [0.29, 0.717) is 6.73 Å². The van der Waals surface area contributed by atoms with Crippen LogP contribution in [0.4, 0.5) is 0 Å². The molecule has 0 saturated carbocycles. The van der Waals surface area contributed by atoms with Crippen LogP contribution in [0.2, 0.25) is 25.7 Å². The smallest absolute Gasteiger partial charge is 0.497 e. The Morgan fingerprint density at radius 2 is 1.75 bits per heavy atom. The molecule has 2 heterocycles. The fourth-order valence-corrected chi connectivity index (χ4v) is 3.83. The van der Waals surface area contributed by atoms with Crippen LogP contribution >= 0.6 is 0 Å². The molecule has 28 heavy (non-hydrogen) atoms. The molecule has 1 aliphatic heterocycles. The van der Waals surface area contributed by atoms with Crippen LogP contribution in [-0.4, -0.2) is 49.7 Å². The van der Waals surface area contributed by atoms with Gasteiger partial charge in [-0.05, 0) is 39.8 Å². The quantitative estimate of drug-likeness (QED) is 0.521. The predicted octanol–water partition coefficient (Wildman–Crippen LogP) is 3.66. The van der Waals surface area contributed by atoms with Crippen molar-refractivity contribution in [2.75, 3.05) is 13.7 Å². The zero-order chi connectivity index (χ0) is 20.7. The molecular weight excluding hydrogens is 371 g/mol. The number of ether oxygens (including phenoxy) is 2. The van der Waals surface area contributed by atoms with Crippen molar-refractivity contribution in [2.24, 2.45) is 0 Å². The first-order valence-electron chi connectivity index (χ1n) is 9.90. The lowest BCUT2D eigenvalue weighted by Gasteiger charge is -2.32. The van der Waals surface area contributed by atoms with Gasteiger partial charge in [0.05, 0.1) is 35.7 Å². The number of imidazole rings is 1. The van der Waals surface area contributed by atoms with E-state index in [2.05, 4.69) is 24.6 Å². The third-order valence-corrected chi connectivity index (χ3v) is 7.41. The lowest BCUT2D eigenvalue weighted by atomic mass is 9.78. The largest absolute Gasteiger partial charge is 0.498 e. The van der Waals surface area contributed by atoms with Gasteiger partial charge in [0, 0.05) is 26.2 Å². The molecule has 1 aromatic carbocycles. The summed E-state index contributed by atoms with van der Waals surface area (Å²) in [6.45, 7) is 16.5. The first kappa shape index (κ1) is 21.4. The minimum absolute atomic E-state index is 0.402. The van der Waals surface area contributed by atoms with E-state index in [-0.39, 0.29) is 0 Å². The van der Waals surface area contributed by atoms with E-state index in [9.17, 15) is 0 Å². The monoisotopic (exact) mass is 404 g/mol. The number of aromatic nitrogens is 2. The maximum Gasteiger partial charge on any atom is 0.498 e. The first-order valence-corrected chi connectivity index (χ1v) is 13.6. The molecule has 0 atom stereocenters. The Bertz CT molecular complexity index is 829. The summed E-state index contributed by atoms with van der Waals surface area (Å²) in [5.74, 6) is 0.731. The van der Waals surface area contributed by atoms with Gasteiger partial charge in [0.25, 0.3) is 0 Å². The first-order chi connectivity index (χ1) is 12.9. The Labute approximate surface area is 169 Å². The molecule has 0 spiro atoms. The van der Waals surface area contributed by atoms with Gasteiger partial charge < -0.3 is 23.3 Å². The molecule has 0 aliphatic carbocycles. The van der Waals surface area contributed by atoms with Crippen molar-refractivity contribution in [1.29, 1.82) is 0 Å². The summed E-state index contributed by atoms with van der Waals surface area (Å²) in [7, 11) is 0.0922. The molecule has 1 aliphatic rings. The molecule has 1 aromatic heterocycles. The van der Waals surface area contributed by atoms with E-state index in [1.54, 1.807) is 7.11 Å². The fourth-order valence-electron chi connectivity index (χ4n) is 3.08. The van der Waals surface area contributed by atoms with Crippen molar-refractivity contribution < 1.29 is 18.8 Å². The summed E-state index contributed by atoms with van der Waals surface area (Å²) in [4.78, 5) is 4.55. The van der Waals surface area contributed by atoms with E-state index in [0.717, 1.165) is 34.9 Å². The lowest BCUT2D eigenvalue weighted by Crippen LogP contribution is -2.41. The van der Waals surface area contributed by atoms with Gasteiger partial charge in [-0.15, -0.1) is 0 Å². The maximum atomic E-state index is 6.20. The summed E-state index contributed by atoms with van der Waals surface area (Å²) < 4.78 is 26.0. The van der Waals surface area contributed by atoms with Crippen LogP contribution in [0.5, 0.6) is 5.75 Å². The highest BCUT2D eigenvalue weighted by molar-refractivity contribution is 6.76. The summed E-state index contributed by atoms with van der Waals surface area (Å²) >= 11 is 0. The number of methoxy groups -OCH3 is 1. The van der Waals surface area contributed by atoms with Crippen molar-refractivity contribution in [3.63, 3.8) is 0 Å². The van der Waals surface area contributed by atoms with Gasteiger partial charge >= 0.3 is 7.12 Å². The lowest BCUT2D eigenvalue weighted by molar-refractivity contribution is 0.00578. The predicted molar refractivity (Wildman–Crippen MR) is 116 cm³/mol. The zero-order valence-electron chi connectivity index (χ0n) is 18.5. The van der Waals surface area contributed by atoms with Crippen molar-refractivity contribution in [1.82, 2.24) is 9.55 Å². The molecule has 6 nitrogen and oxygen atoms in total. The number of fused-ring (bicyclic) bond motifs is 1. The van der Waals surface area contributed by atoms with Crippen LogP contribution in [-0.2, 0) is 20.8 Å². The normalized spacial score (nSPS) is 18.8. The molecule has 8 heteroatoms. The van der Waals surface area contributed by atoms with Gasteiger partial charge in [0.2, 0.25) is 0 Å². The highest BCUT2D eigenvalue weighted by Gasteiger charge is 2.52. The molecule has 2 aromatic rings. The molecule has 1 fully saturated rings. The summed E-state index contributed by atoms with van der Waals surface area (Å²) in [5, 5.41) is 0. The molecule has 154 valence electrons. The summed E-state index contributed by atoms with van der Waals surface area (Å²) in [6.07, 6.45) is 1.81. The average molecular weight is 404 g/mol. The molecule has 0 radical (unpaired) electrons. The van der Waals surface area contributed by atoms with Crippen LogP contribution in [0.25, 0.3) is 11.0 Å². The Hall–Kier alpha value is -1.35. The number of hydrogen-bond acceptors (Lipinski definition) is 5. The van der Waals surface area contributed by atoms with Gasteiger partial charge in [-0.25, -0.2) is 4.98 Å². The van der Waals surface area contributed by atoms with Crippen LogP contribution in [0.1, 0.15) is 27.7 Å². The molecule has 3 rings (SSSR count). The van der Waals surface area contributed by atoms with Crippen LogP contribution in [0, 0.1) is 0 Å². The standard InChI is InChI=1S/C20H33BN2O4Si/c1-19(2)20(3,4)27-21(26-19)15-11-16-17(12-18(15)24-5)23(13-22-16)14-25-9-10-28(6,7)8/h11-13H,9-10,14H2,1-8H3. The highest BCUT2D eigenvalue weighted by Crippen LogP contribution is 2.37. The highest BCUT2D eigenvalue weighted by atomic mass is 28.3. The van der Waals surface area contributed by atoms with E-state index in [1.165, 1.54) is 0 Å². The van der Waals surface area contributed by atoms with Gasteiger partial charge in [0.15, 0.2) is 0 Å². The van der Waals surface area contributed by atoms with Gasteiger partial charge in [-0.3, -0.25) is 0 Å². The molecule has 0 unspecified atom stereocenters. The Kier molecular flexibility index (Phi) is 5.71. The van der Waals surface area contributed by atoms with Crippen molar-refractivity contribution >= 4 is 31.7 Å². The van der Waals surface area contributed by atoms with Gasteiger partial charge in [-0.2, -0.15) is 0 Å². The number of nitrogens with zero attached hydrogens (tertiary/aromatic N) is 2. The molecular formula is C20H33BN2O4Si. The summed E-state index contributed by atoms with van der Waals surface area (Å²) in [6, 6.07) is 5.13. The number of hydrogen-bond donors (Lipinski definition) is 0. The number of rotatable bonds is 7. The third kappa shape index (κ3) is 4.30. The minimum Gasteiger partial charge on any atom is -0.497 e. The molecule has 0 N–H and O–H groups in total. The Balaban J connectivity index is 1.82. The Morgan fingerprint density at radius 3 is 2.32 bits per heavy atom. The van der Waals surface area contributed by atoms with Gasteiger partial charge in [0.1, 0.15) is 12.5 Å². The molecule has 0 amide bonds. The topological polar surface area (TPSA) is 54.7 Å². The van der Waals surface area contributed by atoms with Crippen molar-refractivity contribution in [3.8, 4) is 5.75 Å². The fraction of sp³-hybridized carbons (Fsp3) is 0.650. The van der Waals surface area contributed by atoms with Crippen LogP contribution in [0.15, 0.2) is 18.5 Å². The van der Waals surface area contributed by atoms with E-state index in [1.807, 2.05) is 50.7 Å². The third-order valence-electron chi connectivity index (χ3n) is 5.71. The van der Waals surface area contributed by atoms with Crippen LogP contribution in [0.3, 0.4) is 0 Å². The average Bonchev–Trinajstić information content (AvgIpc) is 3.06. The van der Waals surface area contributed by atoms with E-state index in [4.69, 9.17) is 18.8 Å². The maximum absolute atomic E-state index is 6.20. The molecule has 1 saturated heterocycles. The molecule has 0 bridgehead atoms. The minimum atomic E-state index is -1.09. The second-order valence-electron chi connectivity index (χ2n) is 9.73. The van der Waals surface area contributed by atoms with Gasteiger partial charge in [-0.1, -0.05) is 19.6 Å². The van der Waals surface area contributed by atoms with E-state index >= 15 is 0 Å². The number of benzene rings is 1. The second kappa shape index (κ2) is 7.48. The van der Waals surface area contributed by atoms with E-state index < -0.39 is 26.4 Å². The summed E-state index contributed by atoms with van der Waals surface area (Å²) in [5.41, 5.74) is 1.91. The van der Waals surface area contributed by atoms with Crippen molar-refractivity contribution in [3.05, 3.63) is 18.5 Å². The van der Waals surface area contributed by atoms with Crippen LogP contribution < -0.4 is 10.2 Å². The van der Waals surface area contributed by atoms with Crippen molar-refractivity contribution in [2.45, 2.75) is 71.3 Å².